The third kappa shape index (κ3) is 3.18. The molecule has 1 saturated heterocycles. The minimum absolute atomic E-state index is 0.0157. The van der Waals surface area contributed by atoms with Crippen LogP contribution in [0.1, 0.15) is 35.8 Å². The van der Waals surface area contributed by atoms with Gasteiger partial charge in [-0.1, -0.05) is 18.2 Å². The number of nitrogens with one attached hydrogen (secondary N) is 1. The number of imidazole rings is 1. The van der Waals surface area contributed by atoms with Crippen LogP contribution in [-0.4, -0.2) is 33.9 Å². The van der Waals surface area contributed by atoms with Crippen LogP contribution in [0.2, 0.25) is 0 Å². The molecule has 5 heteroatoms. The number of hydrogen-bond acceptors (Lipinski definition) is 2. The fraction of sp³-hybridized carbons (Fsp3) is 0.412. The molecule has 4 nitrogen and oxygen atoms in total. The second kappa shape index (κ2) is 6.30. The van der Waals surface area contributed by atoms with Crippen LogP contribution in [-0.2, 0) is 11.2 Å². The van der Waals surface area contributed by atoms with E-state index in [1.54, 1.807) is 18.2 Å². The number of likely N-dealkylation sites (tertiary alicyclic amines) is 1. The maximum absolute atomic E-state index is 13.7. The van der Waals surface area contributed by atoms with Crippen LogP contribution < -0.4 is 0 Å². The summed E-state index contributed by atoms with van der Waals surface area (Å²) < 4.78 is 13.7. The van der Waals surface area contributed by atoms with E-state index in [0.29, 0.717) is 12.1 Å². The van der Waals surface area contributed by atoms with Gasteiger partial charge in [-0.25, -0.2) is 9.37 Å². The number of nitrogens with zero attached hydrogens (tertiary/aromatic N) is 2. The summed E-state index contributed by atoms with van der Waals surface area (Å²) in [4.78, 5) is 21.9. The second-order valence-corrected chi connectivity index (χ2v) is 5.90. The molecule has 1 aromatic carbocycles. The highest BCUT2D eigenvalue weighted by atomic mass is 19.1. The van der Waals surface area contributed by atoms with Gasteiger partial charge in [0.05, 0.1) is 6.42 Å². The maximum Gasteiger partial charge on any atom is 0.227 e. The zero-order valence-electron chi connectivity index (χ0n) is 12.7. The molecule has 1 fully saturated rings. The average molecular weight is 301 g/mol. The molecule has 1 atom stereocenters. The largest absolute Gasteiger partial charge is 0.346 e. The third-order valence-corrected chi connectivity index (χ3v) is 4.18. The minimum Gasteiger partial charge on any atom is -0.346 e. The lowest BCUT2D eigenvalue weighted by molar-refractivity contribution is -0.131. The minimum atomic E-state index is -0.314. The van der Waals surface area contributed by atoms with Crippen LogP contribution in [0.5, 0.6) is 0 Å². The van der Waals surface area contributed by atoms with E-state index in [4.69, 9.17) is 0 Å². The lowest BCUT2D eigenvalue weighted by atomic mass is 9.96. The lowest BCUT2D eigenvalue weighted by Gasteiger charge is -2.32. The van der Waals surface area contributed by atoms with Gasteiger partial charge in [0, 0.05) is 30.9 Å². The Morgan fingerprint density at radius 2 is 2.27 bits per heavy atom. The Labute approximate surface area is 129 Å². The summed E-state index contributed by atoms with van der Waals surface area (Å²) in [5.41, 5.74) is 1.49. The van der Waals surface area contributed by atoms with E-state index in [0.717, 1.165) is 30.9 Å². The highest BCUT2D eigenvalue weighted by Crippen LogP contribution is 2.25. The molecule has 0 saturated carbocycles. The topological polar surface area (TPSA) is 49.0 Å². The van der Waals surface area contributed by atoms with Crippen LogP contribution in [0.25, 0.3) is 0 Å². The number of hydrogen-bond donors (Lipinski definition) is 1. The van der Waals surface area contributed by atoms with Gasteiger partial charge in [0.25, 0.3) is 0 Å². The van der Waals surface area contributed by atoms with Crippen molar-refractivity contribution >= 4 is 5.91 Å². The van der Waals surface area contributed by atoms with Crippen LogP contribution in [0, 0.1) is 12.7 Å². The summed E-state index contributed by atoms with van der Waals surface area (Å²) in [7, 11) is 0. The van der Waals surface area contributed by atoms with Gasteiger partial charge in [-0.2, -0.15) is 0 Å². The Morgan fingerprint density at radius 1 is 1.45 bits per heavy atom. The molecule has 0 radical (unpaired) electrons. The molecule has 0 bridgehead atoms. The number of aromatic nitrogens is 2. The van der Waals surface area contributed by atoms with Crippen LogP contribution in [0.3, 0.4) is 0 Å². The van der Waals surface area contributed by atoms with Gasteiger partial charge in [-0.3, -0.25) is 4.79 Å². The Balaban J connectivity index is 1.66. The van der Waals surface area contributed by atoms with Crippen molar-refractivity contribution in [2.45, 2.75) is 32.1 Å². The molecular formula is C17H20FN3O. The van der Waals surface area contributed by atoms with Gasteiger partial charge in [0.2, 0.25) is 5.91 Å². The Morgan fingerprint density at radius 3 is 3.00 bits per heavy atom. The first-order chi connectivity index (χ1) is 10.6. The SMILES string of the molecule is Cc1cnc([C@H]2CCCN(C(=O)Cc3ccccc3F)C2)[nH]1. The average Bonchev–Trinajstić information content (AvgIpc) is 2.96. The molecule has 22 heavy (non-hydrogen) atoms. The first-order valence-electron chi connectivity index (χ1n) is 7.66. The summed E-state index contributed by atoms with van der Waals surface area (Å²) in [6, 6.07) is 6.47. The summed E-state index contributed by atoms with van der Waals surface area (Å²) in [5.74, 6) is 0.858. The molecule has 2 heterocycles. The number of carbonyl (C=O) groups is 1. The number of benzene rings is 1. The molecule has 2 aromatic rings. The number of piperidine rings is 1. The van der Waals surface area contributed by atoms with Gasteiger partial charge >= 0.3 is 0 Å². The van der Waals surface area contributed by atoms with Crippen molar-refractivity contribution in [3.8, 4) is 0 Å². The van der Waals surface area contributed by atoms with E-state index in [1.165, 1.54) is 6.07 Å². The molecule has 116 valence electrons. The molecule has 0 aliphatic carbocycles. The Bertz CT molecular complexity index is 667. The molecule has 0 spiro atoms. The predicted molar refractivity (Wildman–Crippen MR) is 82.0 cm³/mol. The molecular weight excluding hydrogens is 281 g/mol. The van der Waals surface area contributed by atoms with E-state index >= 15 is 0 Å². The first-order valence-corrected chi connectivity index (χ1v) is 7.66. The standard InChI is InChI=1S/C17H20FN3O/c1-12-10-19-17(20-12)14-6-4-8-21(11-14)16(22)9-13-5-2-3-7-15(13)18/h2-3,5,7,10,14H,4,6,8-9,11H2,1H3,(H,19,20)/t14-/m0/s1. The number of amides is 1. The molecule has 1 N–H and O–H groups in total. The fourth-order valence-corrected chi connectivity index (χ4v) is 2.98. The summed E-state index contributed by atoms with van der Waals surface area (Å²) in [6.07, 6.45) is 3.91. The highest BCUT2D eigenvalue weighted by molar-refractivity contribution is 5.79. The predicted octanol–water partition coefficient (Wildman–Crippen LogP) is 2.81. The first kappa shape index (κ1) is 14.8. The molecule has 1 aliphatic rings. The lowest BCUT2D eigenvalue weighted by Crippen LogP contribution is -2.40. The van der Waals surface area contributed by atoms with Gasteiger partial charge in [-0.05, 0) is 31.4 Å². The van der Waals surface area contributed by atoms with Crippen LogP contribution in [0.15, 0.2) is 30.5 Å². The molecule has 1 aromatic heterocycles. The van der Waals surface area contributed by atoms with Gasteiger partial charge in [0.15, 0.2) is 0 Å². The van der Waals surface area contributed by atoms with Crippen molar-refractivity contribution in [1.29, 1.82) is 0 Å². The second-order valence-electron chi connectivity index (χ2n) is 5.90. The molecule has 0 unspecified atom stereocenters. The van der Waals surface area contributed by atoms with E-state index < -0.39 is 0 Å². The van der Waals surface area contributed by atoms with Crippen molar-refractivity contribution in [3.63, 3.8) is 0 Å². The van der Waals surface area contributed by atoms with E-state index in [-0.39, 0.29) is 24.1 Å². The maximum atomic E-state index is 13.7. The van der Waals surface area contributed by atoms with Gasteiger partial charge in [0.1, 0.15) is 11.6 Å². The van der Waals surface area contributed by atoms with E-state index in [2.05, 4.69) is 9.97 Å². The van der Waals surface area contributed by atoms with E-state index in [9.17, 15) is 9.18 Å². The number of aromatic amines is 1. The zero-order chi connectivity index (χ0) is 15.5. The van der Waals surface area contributed by atoms with Crippen molar-refractivity contribution in [2.75, 3.05) is 13.1 Å². The summed E-state index contributed by atoms with van der Waals surface area (Å²) in [5, 5.41) is 0. The Hall–Kier alpha value is -2.17. The third-order valence-electron chi connectivity index (χ3n) is 4.18. The smallest absolute Gasteiger partial charge is 0.227 e. The van der Waals surface area contributed by atoms with Crippen molar-refractivity contribution in [3.05, 3.63) is 53.4 Å². The van der Waals surface area contributed by atoms with E-state index in [1.807, 2.05) is 18.0 Å². The van der Waals surface area contributed by atoms with Crippen molar-refractivity contribution in [1.82, 2.24) is 14.9 Å². The number of rotatable bonds is 3. The van der Waals surface area contributed by atoms with Crippen LogP contribution >= 0.6 is 0 Å². The summed E-state index contributed by atoms with van der Waals surface area (Å²) >= 11 is 0. The molecule has 1 amide bonds. The fourth-order valence-electron chi connectivity index (χ4n) is 2.98. The Kier molecular flexibility index (Phi) is 4.22. The normalized spacial score (nSPS) is 18.5. The number of aryl methyl sites for hydroxylation is 1. The van der Waals surface area contributed by atoms with Crippen molar-refractivity contribution in [2.24, 2.45) is 0 Å². The quantitative estimate of drug-likeness (QED) is 0.947. The monoisotopic (exact) mass is 301 g/mol. The molecule has 1 aliphatic heterocycles. The van der Waals surface area contributed by atoms with Gasteiger partial charge < -0.3 is 9.88 Å². The highest BCUT2D eigenvalue weighted by Gasteiger charge is 2.26. The zero-order valence-corrected chi connectivity index (χ0v) is 12.7. The van der Waals surface area contributed by atoms with Crippen LogP contribution in [0.4, 0.5) is 4.39 Å². The molecule has 3 rings (SSSR count). The van der Waals surface area contributed by atoms with Gasteiger partial charge in [-0.15, -0.1) is 0 Å². The van der Waals surface area contributed by atoms with Crippen molar-refractivity contribution < 1.29 is 9.18 Å². The summed E-state index contributed by atoms with van der Waals surface area (Å²) in [6.45, 7) is 3.37. The number of H-pyrrole nitrogens is 1. The number of carbonyl (C=O) groups excluding carboxylic acids is 1. The number of halogens is 1.